The number of hydrogen-bond donors (Lipinski definition) is 1. The van der Waals surface area contributed by atoms with Gasteiger partial charge in [0.25, 0.3) is 0 Å². The number of phenols is 1. The summed E-state index contributed by atoms with van der Waals surface area (Å²) in [4.78, 5) is 0. The van der Waals surface area contributed by atoms with E-state index in [9.17, 15) is 5.11 Å². The zero-order chi connectivity index (χ0) is 13.9. The van der Waals surface area contributed by atoms with Gasteiger partial charge in [-0.15, -0.1) is 0 Å². The summed E-state index contributed by atoms with van der Waals surface area (Å²) < 4.78 is 0. The first-order valence-electron chi connectivity index (χ1n) is 6.39. The Kier molecular flexibility index (Phi) is 3.44. The second-order valence-electron chi connectivity index (χ2n) is 4.57. The molecule has 2 heteroatoms. The second-order valence-corrected chi connectivity index (χ2v) is 4.98. The number of hydrogen-bond acceptors (Lipinski definition) is 1. The van der Waals surface area contributed by atoms with Crippen molar-refractivity contribution in [3.05, 3.63) is 77.8 Å². The molecule has 0 heterocycles. The summed E-state index contributed by atoms with van der Waals surface area (Å²) >= 11 is 6.30. The van der Waals surface area contributed by atoms with Gasteiger partial charge in [-0.05, 0) is 34.9 Å². The molecular formula is C18H13ClO. The topological polar surface area (TPSA) is 20.2 Å². The van der Waals surface area contributed by atoms with Crippen molar-refractivity contribution in [3.8, 4) is 28.0 Å². The van der Waals surface area contributed by atoms with E-state index < -0.39 is 0 Å². The molecule has 0 aliphatic rings. The van der Waals surface area contributed by atoms with Crippen LogP contribution in [-0.2, 0) is 0 Å². The van der Waals surface area contributed by atoms with Crippen molar-refractivity contribution in [2.24, 2.45) is 0 Å². The maximum absolute atomic E-state index is 9.41. The van der Waals surface area contributed by atoms with Crippen molar-refractivity contribution in [1.29, 1.82) is 0 Å². The Bertz CT molecular complexity index is 732. The fourth-order valence-electron chi connectivity index (χ4n) is 2.29. The summed E-state index contributed by atoms with van der Waals surface area (Å²) in [6, 6.07) is 23.1. The predicted molar refractivity (Wildman–Crippen MR) is 84.0 cm³/mol. The lowest BCUT2D eigenvalue weighted by Crippen LogP contribution is -1.85. The molecule has 0 unspecified atom stereocenters. The van der Waals surface area contributed by atoms with Crippen molar-refractivity contribution in [2.45, 2.75) is 0 Å². The molecular weight excluding hydrogens is 268 g/mol. The van der Waals surface area contributed by atoms with Crippen molar-refractivity contribution in [3.63, 3.8) is 0 Å². The molecule has 1 N–H and O–H groups in total. The number of halogens is 1. The van der Waals surface area contributed by atoms with E-state index in [2.05, 4.69) is 12.1 Å². The second kappa shape index (κ2) is 5.40. The predicted octanol–water partition coefficient (Wildman–Crippen LogP) is 5.38. The zero-order valence-electron chi connectivity index (χ0n) is 10.8. The van der Waals surface area contributed by atoms with E-state index in [4.69, 9.17) is 11.6 Å². The molecule has 0 spiro atoms. The van der Waals surface area contributed by atoms with Gasteiger partial charge in [0.1, 0.15) is 5.75 Å². The third kappa shape index (κ3) is 2.40. The summed E-state index contributed by atoms with van der Waals surface area (Å²) in [5, 5.41) is 10.1. The highest BCUT2D eigenvalue weighted by atomic mass is 35.5. The molecule has 98 valence electrons. The van der Waals surface area contributed by atoms with Crippen LogP contribution >= 0.6 is 11.6 Å². The molecule has 0 atom stereocenters. The maximum atomic E-state index is 9.41. The summed E-state index contributed by atoms with van der Waals surface area (Å²) in [6.07, 6.45) is 0. The number of rotatable bonds is 2. The van der Waals surface area contributed by atoms with Crippen LogP contribution in [0, 0.1) is 0 Å². The monoisotopic (exact) mass is 280 g/mol. The fourth-order valence-corrected chi connectivity index (χ4v) is 2.53. The minimum absolute atomic E-state index is 0.268. The van der Waals surface area contributed by atoms with Gasteiger partial charge in [0.15, 0.2) is 0 Å². The van der Waals surface area contributed by atoms with Gasteiger partial charge in [-0.1, -0.05) is 66.2 Å². The molecule has 3 aromatic carbocycles. The molecule has 3 rings (SSSR count). The Morgan fingerprint density at radius 2 is 1.15 bits per heavy atom. The Morgan fingerprint density at radius 3 is 1.80 bits per heavy atom. The lowest BCUT2D eigenvalue weighted by atomic mass is 9.94. The van der Waals surface area contributed by atoms with Crippen LogP contribution < -0.4 is 0 Å². The molecule has 0 amide bonds. The van der Waals surface area contributed by atoms with Crippen molar-refractivity contribution in [2.75, 3.05) is 0 Å². The van der Waals surface area contributed by atoms with Crippen molar-refractivity contribution >= 4 is 11.6 Å². The largest absolute Gasteiger partial charge is 0.508 e. The Morgan fingerprint density at radius 1 is 0.600 bits per heavy atom. The molecule has 0 radical (unpaired) electrons. The van der Waals surface area contributed by atoms with Crippen molar-refractivity contribution < 1.29 is 5.11 Å². The Hall–Kier alpha value is -2.25. The van der Waals surface area contributed by atoms with Gasteiger partial charge in [-0.3, -0.25) is 0 Å². The first-order valence-corrected chi connectivity index (χ1v) is 6.77. The van der Waals surface area contributed by atoms with Gasteiger partial charge in [0.2, 0.25) is 0 Å². The SMILES string of the molecule is Oc1ccc(-c2ccccc2-c2ccccc2Cl)cc1. The van der Waals surface area contributed by atoms with Gasteiger partial charge < -0.3 is 5.11 Å². The quantitative estimate of drug-likeness (QED) is 0.668. The highest BCUT2D eigenvalue weighted by molar-refractivity contribution is 6.33. The fraction of sp³-hybridized carbons (Fsp3) is 0. The van der Waals surface area contributed by atoms with Crippen LogP contribution in [0.1, 0.15) is 0 Å². The molecule has 1 nitrogen and oxygen atoms in total. The van der Waals surface area contributed by atoms with E-state index in [0.29, 0.717) is 0 Å². The van der Waals surface area contributed by atoms with Crippen LogP contribution in [0.15, 0.2) is 72.8 Å². The highest BCUT2D eigenvalue weighted by Crippen LogP contribution is 2.36. The minimum Gasteiger partial charge on any atom is -0.508 e. The van der Waals surface area contributed by atoms with Crippen LogP contribution in [0.2, 0.25) is 5.02 Å². The van der Waals surface area contributed by atoms with Crippen LogP contribution in [0.5, 0.6) is 5.75 Å². The maximum Gasteiger partial charge on any atom is 0.115 e. The molecule has 0 saturated heterocycles. The van der Waals surface area contributed by atoms with Crippen LogP contribution in [0.25, 0.3) is 22.3 Å². The minimum atomic E-state index is 0.268. The standard InChI is InChI=1S/C18H13ClO/c19-18-8-4-3-7-17(18)16-6-2-1-5-15(16)13-9-11-14(20)12-10-13/h1-12,20H. The molecule has 3 aromatic rings. The zero-order valence-corrected chi connectivity index (χ0v) is 11.5. The van der Waals surface area contributed by atoms with Crippen molar-refractivity contribution in [1.82, 2.24) is 0 Å². The number of aromatic hydroxyl groups is 1. The first kappa shape index (κ1) is 12.8. The van der Waals surface area contributed by atoms with Gasteiger partial charge in [-0.2, -0.15) is 0 Å². The van der Waals surface area contributed by atoms with Gasteiger partial charge >= 0.3 is 0 Å². The normalized spacial score (nSPS) is 10.4. The summed E-state index contributed by atoms with van der Waals surface area (Å²) in [6.45, 7) is 0. The third-order valence-corrected chi connectivity index (χ3v) is 3.60. The van der Waals surface area contributed by atoms with E-state index in [1.165, 1.54) is 0 Å². The lowest BCUT2D eigenvalue weighted by Gasteiger charge is -2.11. The summed E-state index contributed by atoms with van der Waals surface area (Å²) in [5.74, 6) is 0.268. The van der Waals surface area contributed by atoms with E-state index in [1.807, 2.05) is 48.5 Å². The molecule has 0 aliphatic carbocycles. The first-order chi connectivity index (χ1) is 9.75. The third-order valence-electron chi connectivity index (χ3n) is 3.27. The molecule has 0 bridgehead atoms. The van der Waals surface area contributed by atoms with Crippen LogP contribution in [0.4, 0.5) is 0 Å². The average Bonchev–Trinajstić information content (AvgIpc) is 2.49. The van der Waals surface area contributed by atoms with E-state index in [-0.39, 0.29) is 5.75 Å². The molecule has 0 fully saturated rings. The van der Waals surface area contributed by atoms with E-state index >= 15 is 0 Å². The van der Waals surface area contributed by atoms with Gasteiger partial charge in [-0.25, -0.2) is 0 Å². The lowest BCUT2D eigenvalue weighted by molar-refractivity contribution is 0.475. The highest BCUT2D eigenvalue weighted by Gasteiger charge is 2.09. The molecule has 0 aromatic heterocycles. The van der Waals surface area contributed by atoms with E-state index in [1.54, 1.807) is 12.1 Å². The number of benzene rings is 3. The molecule has 20 heavy (non-hydrogen) atoms. The Balaban J connectivity index is 2.19. The Labute approximate surface area is 123 Å². The molecule has 0 aliphatic heterocycles. The van der Waals surface area contributed by atoms with Crippen LogP contribution in [0.3, 0.4) is 0 Å². The molecule has 0 saturated carbocycles. The van der Waals surface area contributed by atoms with E-state index in [0.717, 1.165) is 27.3 Å². The summed E-state index contributed by atoms with van der Waals surface area (Å²) in [7, 11) is 0. The van der Waals surface area contributed by atoms with Crippen LogP contribution in [-0.4, -0.2) is 5.11 Å². The number of phenolic OH excluding ortho intramolecular Hbond substituents is 1. The van der Waals surface area contributed by atoms with Gasteiger partial charge in [0, 0.05) is 10.6 Å². The van der Waals surface area contributed by atoms with Gasteiger partial charge in [0.05, 0.1) is 0 Å². The smallest absolute Gasteiger partial charge is 0.115 e. The summed E-state index contributed by atoms with van der Waals surface area (Å²) in [5.41, 5.74) is 4.25. The average molecular weight is 281 g/mol.